The number of aromatic nitrogens is 1. The van der Waals surface area contributed by atoms with Crippen molar-refractivity contribution in [3.05, 3.63) is 57.9 Å². The quantitative estimate of drug-likeness (QED) is 0.466. The second-order valence-corrected chi connectivity index (χ2v) is 3.83. The molecule has 0 aromatic carbocycles. The Morgan fingerprint density at radius 3 is 2.94 bits per heavy atom. The smallest absolute Gasteiger partial charge is 0.300 e. The molecule has 0 saturated carbocycles. The molecule has 0 aliphatic heterocycles. The first-order valence-corrected chi connectivity index (χ1v) is 5.37. The molecule has 1 amide bonds. The normalized spacial score (nSPS) is 10.3. The van der Waals surface area contributed by atoms with Gasteiger partial charge in [-0.1, -0.05) is 6.07 Å². The number of aryl methyl sites for hydroxylation is 1. The molecular formula is C12H13N3O3. The Morgan fingerprint density at radius 1 is 1.50 bits per heavy atom. The molecule has 0 atom stereocenters. The van der Waals surface area contributed by atoms with Crippen LogP contribution in [0.1, 0.15) is 21.9 Å². The molecule has 0 radical (unpaired) electrons. The van der Waals surface area contributed by atoms with Crippen molar-refractivity contribution in [1.29, 1.82) is 0 Å². The van der Waals surface area contributed by atoms with Crippen LogP contribution in [0.25, 0.3) is 0 Å². The summed E-state index contributed by atoms with van der Waals surface area (Å²) in [5.74, 6) is 5.25. The van der Waals surface area contributed by atoms with Crippen LogP contribution < -0.4 is 16.8 Å². The Hall–Kier alpha value is -2.34. The number of carbonyl (C=O) groups excluding carboxylic acids is 1. The summed E-state index contributed by atoms with van der Waals surface area (Å²) in [7, 11) is 0. The molecule has 18 heavy (non-hydrogen) atoms. The topological polar surface area (TPSA) is 90.3 Å². The van der Waals surface area contributed by atoms with E-state index in [2.05, 4.69) is 0 Å². The van der Waals surface area contributed by atoms with E-state index in [0.717, 1.165) is 5.56 Å². The Morgan fingerprint density at radius 2 is 2.28 bits per heavy atom. The lowest BCUT2D eigenvalue weighted by molar-refractivity contribution is 0.0924. The van der Waals surface area contributed by atoms with Crippen LogP contribution in [0, 0.1) is 6.92 Å². The van der Waals surface area contributed by atoms with Gasteiger partial charge in [-0.15, -0.1) is 0 Å². The molecule has 0 aliphatic carbocycles. The number of nitrogens with two attached hydrogens (primary N) is 1. The third-order valence-electron chi connectivity index (χ3n) is 2.62. The van der Waals surface area contributed by atoms with Gasteiger partial charge in [0.05, 0.1) is 6.54 Å². The summed E-state index contributed by atoms with van der Waals surface area (Å²) in [4.78, 5) is 22.9. The van der Waals surface area contributed by atoms with E-state index in [-0.39, 0.29) is 11.3 Å². The number of furan rings is 1. The maximum Gasteiger partial charge on any atom is 0.300 e. The van der Waals surface area contributed by atoms with E-state index >= 15 is 0 Å². The van der Waals surface area contributed by atoms with Crippen molar-refractivity contribution in [1.82, 2.24) is 9.99 Å². The Kier molecular flexibility index (Phi) is 3.29. The highest BCUT2D eigenvalue weighted by atomic mass is 16.4. The summed E-state index contributed by atoms with van der Waals surface area (Å²) < 4.78 is 6.80. The highest BCUT2D eigenvalue weighted by Gasteiger charge is 2.13. The van der Waals surface area contributed by atoms with Gasteiger partial charge in [-0.2, -0.15) is 0 Å². The van der Waals surface area contributed by atoms with Crippen LogP contribution in [-0.2, 0) is 6.54 Å². The molecule has 0 spiro atoms. The minimum absolute atomic E-state index is 0.108. The lowest BCUT2D eigenvalue weighted by Crippen LogP contribution is -2.29. The highest BCUT2D eigenvalue weighted by molar-refractivity contribution is 5.91. The summed E-state index contributed by atoms with van der Waals surface area (Å²) in [6.07, 6.45) is 1.68. The molecule has 0 bridgehead atoms. The van der Waals surface area contributed by atoms with Crippen LogP contribution in [0.4, 0.5) is 0 Å². The van der Waals surface area contributed by atoms with Crippen LogP contribution in [0.2, 0.25) is 0 Å². The van der Waals surface area contributed by atoms with E-state index in [1.807, 2.05) is 5.43 Å². The summed E-state index contributed by atoms with van der Waals surface area (Å²) >= 11 is 0. The third kappa shape index (κ3) is 2.33. The Bertz CT molecular complexity index is 627. The molecule has 0 unspecified atom stereocenters. The first-order valence-electron chi connectivity index (χ1n) is 5.37. The number of carbonyl (C=O) groups is 1. The molecule has 2 aromatic heterocycles. The lowest BCUT2D eigenvalue weighted by Gasteiger charge is -2.02. The van der Waals surface area contributed by atoms with Crippen molar-refractivity contribution >= 4 is 5.91 Å². The second-order valence-electron chi connectivity index (χ2n) is 3.83. The molecule has 0 aliphatic rings. The van der Waals surface area contributed by atoms with Crippen LogP contribution in [0.15, 0.2) is 39.7 Å². The molecule has 94 valence electrons. The number of pyridine rings is 1. The maximum absolute atomic E-state index is 11.6. The molecule has 3 N–H and O–H groups in total. The predicted octanol–water partition coefficient (Wildman–Crippen LogP) is 0.402. The van der Waals surface area contributed by atoms with E-state index in [4.69, 9.17) is 10.3 Å². The summed E-state index contributed by atoms with van der Waals surface area (Å²) in [6, 6.07) is 6.50. The van der Waals surface area contributed by atoms with Gasteiger partial charge in [0.1, 0.15) is 5.76 Å². The minimum atomic E-state index is -0.496. The fraction of sp³-hybridized carbons (Fsp3) is 0.167. The van der Waals surface area contributed by atoms with Crippen LogP contribution in [0.3, 0.4) is 0 Å². The van der Waals surface area contributed by atoms with Crippen LogP contribution in [-0.4, -0.2) is 10.5 Å². The fourth-order valence-electron chi connectivity index (χ4n) is 1.63. The zero-order valence-electron chi connectivity index (χ0n) is 9.84. The standard InChI is InChI=1S/C12H13N3O3/c1-8-9(6-10(18-8)12(17)14-13)7-15-5-3-2-4-11(15)16/h2-6H,7,13H2,1H3,(H,14,17). The van der Waals surface area contributed by atoms with Gasteiger partial charge in [-0.25, -0.2) is 5.84 Å². The zero-order chi connectivity index (χ0) is 13.1. The Balaban J connectivity index is 2.30. The molecule has 0 fully saturated rings. The highest BCUT2D eigenvalue weighted by Crippen LogP contribution is 2.15. The average molecular weight is 247 g/mol. The largest absolute Gasteiger partial charge is 0.456 e. The van der Waals surface area contributed by atoms with Gasteiger partial charge in [0.25, 0.3) is 5.56 Å². The number of amides is 1. The van der Waals surface area contributed by atoms with E-state index in [9.17, 15) is 9.59 Å². The van der Waals surface area contributed by atoms with Gasteiger partial charge >= 0.3 is 5.91 Å². The lowest BCUT2D eigenvalue weighted by atomic mass is 10.2. The molecule has 0 saturated heterocycles. The van der Waals surface area contributed by atoms with Crippen molar-refractivity contribution in [3.63, 3.8) is 0 Å². The summed E-state index contributed by atoms with van der Waals surface area (Å²) in [5.41, 5.74) is 2.65. The first kappa shape index (κ1) is 12.1. The van der Waals surface area contributed by atoms with Crippen molar-refractivity contribution in [3.8, 4) is 0 Å². The van der Waals surface area contributed by atoms with Crippen LogP contribution in [0.5, 0.6) is 0 Å². The minimum Gasteiger partial charge on any atom is -0.456 e. The van der Waals surface area contributed by atoms with E-state index < -0.39 is 5.91 Å². The number of rotatable bonds is 3. The van der Waals surface area contributed by atoms with Crippen molar-refractivity contribution in [2.75, 3.05) is 0 Å². The fourth-order valence-corrected chi connectivity index (χ4v) is 1.63. The van der Waals surface area contributed by atoms with Crippen molar-refractivity contribution in [2.45, 2.75) is 13.5 Å². The molecule has 2 aromatic rings. The molecule has 2 heterocycles. The molecular weight excluding hydrogens is 234 g/mol. The van der Waals surface area contributed by atoms with Crippen LogP contribution >= 0.6 is 0 Å². The molecule has 2 rings (SSSR count). The average Bonchev–Trinajstić information content (AvgIpc) is 2.73. The second kappa shape index (κ2) is 4.89. The SMILES string of the molecule is Cc1oc(C(=O)NN)cc1Cn1ccccc1=O. The van der Waals surface area contributed by atoms with E-state index in [1.165, 1.54) is 10.6 Å². The van der Waals surface area contributed by atoms with Gasteiger partial charge in [0.2, 0.25) is 0 Å². The van der Waals surface area contributed by atoms with Gasteiger partial charge < -0.3 is 8.98 Å². The molecule has 6 nitrogen and oxygen atoms in total. The summed E-state index contributed by atoms with van der Waals surface area (Å²) in [5, 5.41) is 0. The third-order valence-corrected chi connectivity index (χ3v) is 2.62. The van der Waals surface area contributed by atoms with Gasteiger partial charge in [-0.05, 0) is 19.1 Å². The number of hydrogen-bond donors (Lipinski definition) is 2. The number of hydrogen-bond acceptors (Lipinski definition) is 4. The number of nitrogens with zero attached hydrogens (tertiary/aromatic N) is 1. The van der Waals surface area contributed by atoms with Gasteiger partial charge in [0, 0.05) is 17.8 Å². The summed E-state index contributed by atoms with van der Waals surface area (Å²) in [6.45, 7) is 2.09. The van der Waals surface area contributed by atoms with Crippen molar-refractivity contribution < 1.29 is 9.21 Å². The molecule has 6 heteroatoms. The zero-order valence-corrected chi connectivity index (χ0v) is 9.84. The number of nitrogens with one attached hydrogen (secondary N) is 1. The monoisotopic (exact) mass is 247 g/mol. The van der Waals surface area contributed by atoms with E-state index in [1.54, 1.807) is 31.3 Å². The van der Waals surface area contributed by atoms with Gasteiger partial charge in [0.15, 0.2) is 5.76 Å². The predicted molar refractivity (Wildman–Crippen MR) is 64.9 cm³/mol. The van der Waals surface area contributed by atoms with E-state index in [0.29, 0.717) is 12.3 Å². The first-order chi connectivity index (χ1) is 8.61. The Labute approximate surface area is 103 Å². The number of hydrazine groups is 1. The van der Waals surface area contributed by atoms with Gasteiger partial charge in [-0.3, -0.25) is 15.0 Å². The van der Waals surface area contributed by atoms with Crippen molar-refractivity contribution in [2.24, 2.45) is 5.84 Å². The maximum atomic E-state index is 11.6. The number of nitrogen functional groups attached to an aromatic ring is 1.